The SMILES string of the molecule is C[C@@H]1C[C@H](C)CN(C(=O)Cn2cc(S(=O)(=O)N3CCN(c4ccccc4F)CC3)c3ccccc3c2=O)C1. The highest BCUT2D eigenvalue weighted by Crippen LogP contribution is 2.27. The van der Waals surface area contributed by atoms with Gasteiger partial charge >= 0.3 is 0 Å². The number of carbonyl (C=O) groups is 1. The molecular weight excluding hydrogens is 507 g/mol. The maximum Gasteiger partial charge on any atom is 0.258 e. The van der Waals surface area contributed by atoms with Crippen LogP contribution in [0.2, 0.25) is 0 Å². The summed E-state index contributed by atoms with van der Waals surface area (Å²) in [5.74, 6) is 0.205. The fourth-order valence-corrected chi connectivity index (χ4v) is 7.40. The Labute approximate surface area is 222 Å². The highest BCUT2D eigenvalue weighted by atomic mass is 32.2. The Morgan fingerprint density at radius 3 is 2.18 bits per heavy atom. The van der Waals surface area contributed by atoms with Gasteiger partial charge in [-0.25, -0.2) is 12.8 Å². The van der Waals surface area contributed by atoms with E-state index in [0.29, 0.717) is 49.1 Å². The van der Waals surface area contributed by atoms with Gasteiger partial charge in [-0.2, -0.15) is 4.31 Å². The highest BCUT2D eigenvalue weighted by Gasteiger charge is 2.32. The summed E-state index contributed by atoms with van der Waals surface area (Å²) in [6.07, 6.45) is 2.37. The van der Waals surface area contributed by atoms with Crippen LogP contribution in [-0.2, 0) is 21.4 Å². The predicted molar refractivity (Wildman–Crippen MR) is 145 cm³/mol. The number of pyridine rings is 1. The molecule has 0 unspecified atom stereocenters. The van der Waals surface area contributed by atoms with Gasteiger partial charge in [0.05, 0.1) is 5.69 Å². The summed E-state index contributed by atoms with van der Waals surface area (Å²) < 4.78 is 44.6. The Bertz CT molecular complexity index is 1500. The van der Waals surface area contributed by atoms with Crippen LogP contribution >= 0.6 is 0 Å². The first-order chi connectivity index (χ1) is 18.1. The minimum atomic E-state index is -3.99. The van der Waals surface area contributed by atoms with Crippen LogP contribution in [0, 0.1) is 17.7 Å². The van der Waals surface area contributed by atoms with Crippen molar-refractivity contribution >= 4 is 32.4 Å². The number of fused-ring (bicyclic) bond motifs is 1. The number of amides is 1. The first-order valence-electron chi connectivity index (χ1n) is 13.0. The fourth-order valence-electron chi connectivity index (χ4n) is 5.76. The van der Waals surface area contributed by atoms with Crippen LogP contribution in [0.25, 0.3) is 10.8 Å². The van der Waals surface area contributed by atoms with Crippen molar-refractivity contribution in [1.29, 1.82) is 0 Å². The lowest BCUT2D eigenvalue weighted by atomic mass is 9.92. The summed E-state index contributed by atoms with van der Waals surface area (Å²) in [4.78, 5) is 30.1. The molecule has 2 saturated heterocycles. The number of piperazine rings is 1. The first-order valence-corrected chi connectivity index (χ1v) is 14.5. The number of halogens is 1. The number of likely N-dealkylation sites (tertiary alicyclic amines) is 1. The third-order valence-corrected chi connectivity index (χ3v) is 9.46. The topological polar surface area (TPSA) is 82.9 Å². The van der Waals surface area contributed by atoms with Gasteiger partial charge in [-0.05, 0) is 36.5 Å². The lowest BCUT2D eigenvalue weighted by Gasteiger charge is -2.36. The van der Waals surface area contributed by atoms with Gasteiger partial charge in [0, 0.05) is 56.2 Å². The molecule has 1 amide bonds. The summed E-state index contributed by atoms with van der Waals surface area (Å²) in [5.41, 5.74) is 0.0544. The number of hydrogen-bond donors (Lipinski definition) is 0. The van der Waals surface area contributed by atoms with Gasteiger partial charge in [-0.1, -0.05) is 44.2 Å². The van der Waals surface area contributed by atoms with Crippen molar-refractivity contribution in [3.8, 4) is 0 Å². The van der Waals surface area contributed by atoms with Crippen molar-refractivity contribution in [2.75, 3.05) is 44.2 Å². The van der Waals surface area contributed by atoms with E-state index in [9.17, 15) is 22.4 Å². The number of nitrogens with zero attached hydrogens (tertiary/aromatic N) is 4. The summed E-state index contributed by atoms with van der Waals surface area (Å²) in [6.45, 7) is 6.27. The average molecular weight is 541 g/mol. The number of aromatic nitrogens is 1. The quantitative estimate of drug-likeness (QED) is 0.497. The molecule has 5 rings (SSSR count). The van der Waals surface area contributed by atoms with Gasteiger partial charge in [0.25, 0.3) is 5.56 Å². The zero-order valence-corrected chi connectivity index (χ0v) is 22.5. The molecule has 0 N–H and O–H groups in total. The number of anilines is 1. The molecule has 3 heterocycles. The van der Waals surface area contributed by atoms with Crippen LogP contribution in [0.5, 0.6) is 0 Å². The molecule has 2 aliphatic rings. The van der Waals surface area contributed by atoms with Crippen molar-refractivity contribution < 1.29 is 17.6 Å². The number of sulfonamides is 1. The molecule has 0 saturated carbocycles. The minimum absolute atomic E-state index is 0.000205. The van der Waals surface area contributed by atoms with E-state index < -0.39 is 15.6 Å². The van der Waals surface area contributed by atoms with E-state index in [4.69, 9.17) is 0 Å². The van der Waals surface area contributed by atoms with E-state index in [-0.39, 0.29) is 41.6 Å². The molecule has 2 aromatic carbocycles. The number of para-hydroxylation sites is 1. The third kappa shape index (κ3) is 5.07. The summed E-state index contributed by atoms with van der Waals surface area (Å²) in [7, 11) is -3.99. The third-order valence-electron chi connectivity index (χ3n) is 7.53. The molecule has 0 bridgehead atoms. The summed E-state index contributed by atoms with van der Waals surface area (Å²) >= 11 is 0. The molecule has 10 heteroatoms. The molecule has 0 aliphatic carbocycles. The predicted octanol–water partition coefficient (Wildman–Crippen LogP) is 3.16. The normalized spacial score (nSPS) is 21.1. The molecule has 0 spiro atoms. The van der Waals surface area contributed by atoms with Crippen molar-refractivity contribution in [1.82, 2.24) is 13.8 Å². The molecule has 2 aliphatic heterocycles. The molecule has 202 valence electrons. The van der Waals surface area contributed by atoms with Crippen LogP contribution in [-0.4, -0.2) is 67.4 Å². The van der Waals surface area contributed by atoms with E-state index in [0.717, 1.165) is 6.42 Å². The lowest BCUT2D eigenvalue weighted by Crippen LogP contribution is -2.49. The van der Waals surface area contributed by atoms with Gasteiger partial charge in [0.1, 0.15) is 17.3 Å². The molecule has 0 radical (unpaired) electrons. The van der Waals surface area contributed by atoms with Crippen molar-refractivity contribution in [3.05, 3.63) is 70.9 Å². The Hall–Kier alpha value is -3.24. The molecular formula is C28H33FN4O4S. The van der Waals surface area contributed by atoms with Gasteiger partial charge < -0.3 is 14.4 Å². The van der Waals surface area contributed by atoms with E-state index >= 15 is 0 Å². The summed E-state index contributed by atoms with van der Waals surface area (Å²) in [5, 5.41) is 0.588. The molecule has 2 atom stereocenters. The zero-order chi connectivity index (χ0) is 27.0. The van der Waals surface area contributed by atoms with Crippen LogP contribution < -0.4 is 10.5 Å². The lowest BCUT2D eigenvalue weighted by molar-refractivity contribution is -0.134. The largest absolute Gasteiger partial charge is 0.367 e. The van der Waals surface area contributed by atoms with Crippen LogP contribution in [0.4, 0.5) is 10.1 Å². The molecule has 2 fully saturated rings. The Morgan fingerprint density at radius 2 is 1.53 bits per heavy atom. The van der Waals surface area contributed by atoms with Crippen molar-refractivity contribution in [3.63, 3.8) is 0 Å². The standard InChI is InChI=1S/C28H33FN4O4S/c1-20-15-21(2)17-31(16-20)27(34)19-32-18-26(22-7-3-4-8-23(22)28(32)35)38(36,37)33-13-11-30(12-14-33)25-10-6-5-9-24(25)29/h3-10,18,20-21H,11-17,19H2,1-2H3/t20-,21+. The van der Waals surface area contributed by atoms with Crippen LogP contribution in [0.15, 0.2) is 64.4 Å². The number of benzene rings is 2. The van der Waals surface area contributed by atoms with E-state index in [1.165, 1.54) is 21.1 Å². The number of carbonyl (C=O) groups excluding carboxylic acids is 1. The molecule has 3 aromatic rings. The molecule has 8 nitrogen and oxygen atoms in total. The van der Waals surface area contributed by atoms with Gasteiger partial charge in [-0.15, -0.1) is 0 Å². The minimum Gasteiger partial charge on any atom is -0.367 e. The first kappa shape index (κ1) is 26.4. The number of rotatable bonds is 5. The zero-order valence-electron chi connectivity index (χ0n) is 21.7. The van der Waals surface area contributed by atoms with Crippen LogP contribution in [0.1, 0.15) is 20.3 Å². The second-order valence-electron chi connectivity index (χ2n) is 10.6. The molecule has 38 heavy (non-hydrogen) atoms. The second-order valence-corrected chi connectivity index (χ2v) is 12.5. The average Bonchev–Trinajstić information content (AvgIpc) is 2.90. The van der Waals surface area contributed by atoms with Crippen LogP contribution in [0.3, 0.4) is 0 Å². The maximum atomic E-state index is 14.3. The Balaban J connectivity index is 1.44. The van der Waals surface area contributed by atoms with Crippen molar-refractivity contribution in [2.24, 2.45) is 11.8 Å². The Kier molecular flexibility index (Phi) is 7.28. The molecule has 1 aromatic heterocycles. The van der Waals surface area contributed by atoms with E-state index in [2.05, 4.69) is 13.8 Å². The second kappa shape index (κ2) is 10.5. The van der Waals surface area contributed by atoms with Gasteiger partial charge in [0.2, 0.25) is 15.9 Å². The van der Waals surface area contributed by atoms with E-state index in [1.54, 1.807) is 47.4 Å². The summed E-state index contributed by atoms with van der Waals surface area (Å²) in [6, 6.07) is 13.1. The monoisotopic (exact) mass is 540 g/mol. The smallest absolute Gasteiger partial charge is 0.258 e. The van der Waals surface area contributed by atoms with Crippen molar-refractivity contribution in [2.45, 2.75) is 31.7 Å². The van der Waals surface area contributed by atoms with Gasteiger partial charge in [-0.3, -0.25) is 9.59 Å². The van der Waals surface area contributed by atoms with E-state index in [1.807, 2.05) is 4.90 Å². The number of piperidine rings is 1. The fraction of sp³-hybridized carbons (Fsp3) is 0.429. The van der Waals surface area contributed by atoms with Gasteiger partial charge in [0.15, 0.2) is 0 Å². The highest BCUT2D eigenvalue weighted by molar-refractivity contribution is 7.89. The maximum absolute atomic E-state index is 14.3. The number of hydrogen-bond acceptors (Lipinski definition) is 5. The Morgan fingerprint density at radius 1 is 0.921 bits per heavy atom.